The standard InChI is InChI=1S/C21H19F3N2O2/c1-3-15-12(2)25-20(18-16(23)7-8-17(24)19(18)27)26(21(15)28)10-9-13-5-4-6-14(22)11-13/h4-8,11,27H,3,9-10H2,1-2H3. The molecular formula is C21H19F3N2O2. The second-order valence-electron chi connectivity index (χ2n) is 6.44. The van der Waals surface area contributed by atoms with Crippen molar-refractivity contribution >= 4 is 0 Å². The first-order valence-electron chi connectivity index (χ1n) is 8.85. The summed E-state index contributed by atoms with van der Waals surface area (Å²) < 4.78 is 42.9. The third kappa shape index (κ3) is 3.65. The Kier molecular flexibility index (Phi) is 5.53. The molecule has 0 atom stereocenters. The summed E-state index contributed by atoms with van der Waals surface area (Å²) in [6.07, 6.45) is 0.686. The lowest BCUT2D eigenvalue weighted by Gasteiger charge is -2.17. The fraction of sp³-hybridized carbons (Fsp3) is 0.238. The lowest BCUT2D eigenvalue weighted by Crippen LogP contribution is -2.29. The van der Waals surface area contributed by atoms with Gasteiger partial charge in [-0.15, -0.1) is 0 Å². The number of aromatic nitrogens is 2. The van der Waals surface area contributed by atoms with E-state index >= 15 is 0 Å². The van der Waals surface area contributed by atoms with Gasteiger partial charge in [-0.25, -0.2) is 18.2 Å². The molecule has 0 bridgehead atoms. The Morgan fingerprint density at radius 1 is 1.11 bits per heavy atom. The van der Waals surface area contributed by atoms with Crippen LogP contribution in [0.25, 0.3) is 11.4 Å². The fourth-order valence-electron chi connectivity index (χ4n) is 3.19. The molecule has 0 spiro atoms. The molecule has 0 aliphatic heterocycles. The summed E-state index contributed by atoms with van der Waals surface area (Å²) >= 11 is 0. The Morgan fingerprint density at radius 3 is 2.50 bits per heavy atom. The van der Waals surface area contributed by atoms with Crippen molar-refractivity contribution in [2.75, 3.05) is 0 Å². The topological polar surface area (TPSA) is 55.1 Å². The number of phenolic OH excluding ortho intramolecular Hbond substituents is 1. The number of nitrogens with zero attached hydrogens (tertiary/aromatic N) is 2. The van der Waals surface area contributed by atoms with E-state index in [1.807, 2.05) is 0 Å². The van der Waals surface area contributed by atoms with Crippen molar-refractivity contribution in [3.8, 4) is 17.1 Å². The van der Waals surface area contributed by atoms with Crippen molar-refractivity contribution < 1.29 is 18.3 Å². The van der Waals surface area contributed by atoms with Crippen LogP contribution in [0.2, 0.25) is 0 Å². The van der Waals surface area contributed by atoms with Gasteiger partial charge >= 0.3 is 0 Å². The van der Waals surface area contributed by atoms with Crippen molar-refractivity contribution in [2.24, 2.45) is 0 Å². The van der Waals surface area contributed by atoms with Crippen LogP contribution in [0.15, 0.2) is 41.2 Å². The number of halogens is 3. The third-order valence-electron chi connectivity index (χ3n) is 4.64. The second kappa shape index (κ2) is 7.88. The average Bonchev–Trinajstić information content (AvgIpc) is 2.65. The second-order valence-corrected chi connectivity index (χ2v) is 6.44. The van der Waals surface area contributed by atoms with Crippen LogP contribution in [-0.2, 0) is 19.4 Å². The van der Waals surface area contributed by atoms with Gasteiger partial charge in [-0.1, -0.05) is 19.1 Å². The Labute approximate surface area is 159 Å². The lowest BCUT2D eigenvalue weighted by atomic mass is 10.1. The van der Waals surface area contributed by atoms with E-state index in [0.29, 0.717) is 23.2 Å². The molecule has 0 fully saturated rings. The molecule has 2 aromatic carbocycles. The Morgan fingerprint density at radius 2 is 1.82 bits per heavy atom. The Balaban J connectivity index is 2.18. The van der Waals surface area contributed by atoms with Gasteiger partial charge in [0.25, 0.3) is 5.56 Å². The maximum absolute atomic E-state index is 14.4. The molecule has 28 heavy (non-hydrogen) atoms. The molecular weight excluding hydrogens is 369 g/mol. The molecule has 1 aromatic heterocycles. The van der Waals surface area contributed by atoms with E-state index in [1.165, 1.54) is 16.7 Å². The van der Waals surface area contributed by atoms with Crippen molar-refractivity contribution in [3.63, 3.8) is 0 Å². The first-order chi connectivity index (χ1) is 13.3. The van der Waals surface area contributed by atoms with E-state index in [0.717, 1.165) is 12.1 Å². The number of benzene rings is 2. The zero-order valence-corrected chi connectivity index (χ0v) is 15.5. The van der Waals surface area contributed by atoms with Gasteiger partial charge in [0.05, 0.1) is 5.56 Å². The molecule has 146 valence electrons. The summed E-state index contributed by atoms with van der Waals surface area (Å²) in [6, 6.07) is 7.58. The molecule has 1 heterocycles. The summed E-state index contributed by atoms with van der Waals surface area (Å²) in [5, 5.41) is 10.1. The summed E-state index contributed by atoms with van der Waals surface area (Å²) in [5.41, 5.74) is 0.596. The van der Waals surface area contributed by atoms with Crippen LogP contribution in [0.4, 0.5) is 13.2 Å². The summed E-state index contributed by atoms with van der Waals surface area (Å²) in [4.78, 5) is 17.3. The number of aromatic hydroxyl groups is 1. The molecule has 4 nitrogen and oxygen atoms in total. The minimum atomic E-state index is -1.01. The molecule has 0 aliphatic carbocycles. The average molecular weight is 388 g/mol. The van der Waals surface area contributed by atoms with Crippen LogP contribution in [-0.4, -0.2) is 14.7 Å². The van der Waals surface area contributed by atoms with Crippen LogP contribution in [0, 0.1) is 24.4 Å². The highest BCUT2D eigenvalue weighted by molar-refractivity contribution is 5.65. The van der Waals surface area contributed by atoms with E-state index in [9.17, 15) is 23.1 Å². The van der Waals surface area contributed by atoms with Gasteiger partial charge in [-0.3, -0.25) is 9.36 Å². The van der Waals surface area contributed by atoms with Crippen LogP contribution in [0.3, 0.4) is 0 Å². The maximum atomic E-state index is 14.4. The van der Waals surface area contributed by atoms with E-state index in [1.54, 1.807) is 26.0 Å². The summed E-state index contributed by atoms with van der Waals surface area (Å²) in [7, 11) is 0. The number of aryl methyl sites for hydroxylation is 2. The van der Waals surface area contributed by atoms with Crippen LogP contribution in [0.1, 0.15) is 23.7 Å². The van der Waals surface area contributed by atoms with Crippen molar-refractivity contribution in [2.45, 2.75) is 33.2 Å². The SMILES string of the molecule is CCc1c(C)nc(-c2c(F)ccc(F)c2O)n(CCc2cccc(F)c2)c1=O. The van der Waals surface area contributed by atoms with Crippen LogP contribution < -0.4 is 5.56 Å². The fourth-order valence-corrected chi connectivity index (χ4v) is 3.19. The van der Waals surface area contributed by atoms with Crippen LogP contribution in [0.5, 0.6) is 5.75 Å². The molecule has 1 N–H and O–H groups in total. The number of hydrogen-bond acceptors (Lipinski definition) is 3. The van der Waals surface area contributed by atoms with Crippen molar-refractivity contribution in [1.29, 1.82) is 0 Å². The zero-order chi connectivity index (χ0) is 20.4. The molecule has 3 rings (SSSR count). The molecule has 0 saturated heterocycles. The van der Waals surface area contributed by atoms with Crippen molar-refractivity contribution in [3.05, 3.63) is 81.0 Å². The van der Waals surface area contributed by atoms with Gasteiger partial charge in [0.1, 0.15) is 17.5 Å². The lowest BCUT2D eigenvalue weighted by molar-refractivity contribution is 0.428. The molecule has 0 amide bonds. The summed E-state index contributed by atoms with van der Waals surface area (Å²) in [5.74, 6) is -3.38. The monoisotopic (exact) mass is 388 g/mol. The Hall–Kier alpha value is -3.09. The van der Waals surface area contributed by atoms with E-state index in [2.05, 4.69) is 4.98 Å². The first kappa shape index (κ1) is 19.7. The van der Waals surface area contributed by atoms with Crippen molar-refractivity contribution in [1.82, 2.24) is 9.55 Å². The first-order valence-corrected chi connectivity index (χ1v) is 8.85. The number of hydrogen-bond donors (Lipinski definition) is 1. The number of phenols is 1. The number of rotatable bonds is 5. The van der Waals surface area contributed by atoms with Gasteiger partial charge < -0.3 is 5.11 Å². The molecule has 0 aliphatic rings. The minimum absolute atomic E-state index is 0.0628. The molecule has 3 aromatic rings. The molecule has 0 unspecified atom stereocenters. The van der Waals surface area contributed by atoms with Gasteiger partial charge in [0.15, 0.2) is 11.6 Å². The van der Waals surface area contributed by atoms with E-state index in [-0.39, 0.29) is 18.8 Å². The zero-order valence-electron chi connectivity index (χ0n) is 15.5. The van der Waals surface area contributed by atoms with Gasteiger partial charge in [0.2, 0.25) is 0 Å². The van der Waals surface area contributed by atoms with Gasteiger partial charge in [-0.2, -0.15) is 0 Å². The summed E-state index contributed by atoms with van der Waals surface area (Å²) in [6.45, 7) is 3.46. The third-order valence-corrected chi connectivity index (χ3v) is 4.64. The van der Waals surface area contributed by atoms with E-state index < -0.39 is 34.3 Å². The largest absolute Gasteiger partial charge is 0.504 e. The quantitative estimate of drug-likeness (QED) is 0.715. The minimum Gasteiger partial charge on any atom is -0.504 e. The Bertz CT molecular complexity index is 1090. The van der Waals surface area contributed by atoms with Crippen LogP contribution >= 0.6 is 0 Å². The highest BCUT2D eigenvalue weighted by Gasteiger charge is 2.22. The normalized spacial score (nSPS) is 11.0. The van der Waals surface area contributed by atoms with Gasteiger partial charge in [-0.05, 0) is 49.6 Å². The molecule has 7 heteroatoms. The molecule has 0 radical (unpaired) electrons. The molecule has 0 saturated carbocycles. The highest BCUT2D eigenvalue weighted by atomic mass is 19.1. The van der Waals surface area contributed by atoms with E-state index in [4.69, 9.17) is 0 Å². The predicted octanol–water partition coefficient (Wildman–Crippen LogP) is 4.15. The predicted molar refractivity (Wildman–Crippen MR) is 99.7 cm³/mol. The smallest absolute Gasteiger partial charge is 0.257 e. The van der Waals surface area contributed by atoms with Gasteiger partial charge in [0, 0.05) is 17.8 Å². The maximum Gasteiger partial charge on any atom is 0.257 e. The highest BCUT2D eigenvalue weighted by Crippen LogP contribution is 2.33.